The molecule has 0 bridgehead atoms. The zero-order valence-corrected chi connectivity index (χ0v) is 14.5. The van der Waals surface area contributed by atoms with Gasteiger partial charge in [-0.3, -0.25) is 9.59 Å². The van der Waals surface area contributed by atoms with Gasteiger partial charge in [0.25, 0.3) is 0 Å². The van der Waals surface area contributed by atoms with Gasteiger partial charge in [-0.2, -0.15) is 0 Å². The average Bonchev–Trinajstić information content (AvgIpc) is 2.73. The molecule has 0 unspecified atom stereocenters. The Balaban J connectivity index is 1.78. The van der Waals surface area contributed by atoms with Gasteiger partial charge in [0.15, 0.2) is 11.6 Å². The Morgan fingerprint density at radius 1 is 0.593 bits per heavy atom. The molecule has 0 fully saturated rings. The molecule has 3 aromatic carbocycles. The van der Waals surface area contributed by atoms with Gasteiger partial charge >= 0.3 is 5.97 Å². The fourth-order valence-corrected chi connectivity index (χ4v) is 2.59. The second kappa shape index (κ2) is 7.66. The van der Waals surface area contributed by atoms with Crippen molar-refractivity contribution in [2.45, 2.75) is 0 Å². The summed E-state index contributed by atoms with van der Waals surface area (Å²) in [6, 6.07) is 18.5. The Hall–Kier alpha value is -3.73. The summed E-state index contributed by atoms with van der Waals surface area (Å²) in [6.45, 7) is 0. The minimum atomic E-state index is -0.467. The molecular weight excluding hydrogens is 344 g/mol. The van der Waals surface area contributed by atoms with Gasteiger partial charge in [-0.25, -0.2) is 4.79 Å². The lowest BCUT2D eigenvalue weighted by Crippen LogP contribution is -2.05. The Morgan fingerprint density at radius 3 is 1.22 bits per heavy atom. The van der Waals surface area contributed by atoms with Gasteiger partial charge in [-0.05, 0) is 36.4 Å². The van der Waals surface area contributed by atoms with Gasteiger partial charge in [-0.1, -0.05) is 36.4 Å². The SMILES string of the molecule is COC(=O)c1ccc(C(=O)c2ccc(C(=O)c3ccc(O)cc3)cc2)cc1. The fourth-order valence-electron chi connectivity index (χ4n) is 2.59. The molecule has 3 rings (SSSR count). The molecule has 3 aromatic rings. The first-order valence-electron chi connectivity index (χ1n) is 8.16. The van der Waals surface area contributed by atoms with E-state index in [1.165, 1.54) is 31.4 Å². The molecule has 0 saturated heterocycles. The number of methoxy groups -OCH3 is 1. The topological polar surface area (TPSA) is 80.7 Å². The minimum Gasteiger partial charge on any atom is -0.508 e. The van der Waals surface area contributed by atoms with Crippen LogP contribution >= 0.6 is 0 Å². The Labute approximate surface area is 155 Å². The van der Waals surface area contributed by atoms with Crippen LogP contribution in [0.2, 0.25) is 0 Å². The number of carbonyl (C=O) groups excluding carboxylic acids is 3. The highest BCUT2D eigenvalue weighted by molar-refractivity contribution is 6.11. The molecule has 5 nitrogen and oxygen atoms in total. The third kappa shape index (κ3) is 3.93. The molecule has 0 radical (unpaired) electrons. The number of carbonyl (C=O) groups is 3. The van der Waals surface area contributed by atoms with E-state index in [1.807, 2.05) is 0 Å². The quantitative estimate of drug-likeness (QED) is 0.555. The van der Waals surface area contributed by atoms with Crippen molar-refractivity contribution in [1.82, 2.24) is 0 Å². The van der Waals surface area contributed by atoms with E-state index in [0.717, 1.165) is 0 Å². The molecule has 0 amide bonds. The Bertz CT molecular complexity index is 984. The van der Waals surface area contributed by atoms with Crippen molar-refractivity contribution in [2.75, 3.05) is 7.11 Å². The minimum absolute atomic E-state index is 0.0886. The number of hydrogen-bond acceptors (Lipinski definition) is 5. The van der Waals surface area contributed by atoms with Crippen LogP contribution in [0.4, 0.5) is 0 Å². The van der Waals surface area contributed by atoms with Crippen LogP contribution in [0.1, 0.15) is 42.2 Å². The van der Waals surface area contributed by atoms with E-state index < -0.39 is 5.97 Å². The molecule has 0 atom stereocenters. The first kappa shape index (κ1) is 18.1. The predicted octanol–water partition coefficient (Wildman–Crippen LogP) is 3.64. The average molecular weight is 360 g/mol. The van der Waals surface area contributed by atoms with E-state index in [0.29, 0.717) is 27.8 Å². The Kier molecular flexibility index (Phi) is 5.13. The number of benzene rings is 3. The smallest absolute Gasteiger partial charge is 0.337 e. The van der Waals surface area contributed by atoms with E-state index in [9.17, 15) is 19.5 Å². The van der Waals surface area contributed by atoms with Crippen LogP contribution in [0.15, 0.2) is 72.8 Å². The monoisotopic (exact) mass is 360 g/mol. The summed E-state index contributed by atoms with van der Waals surface area (Å²) in [4.78, 5) is 36.4. The molecule has 0 heterocycles. The molecule has 0 aromatic heterocycles. The van der Waals surface area contributed by atoms with Crippen LogP contribution in [-0.2, 0) is 4.74 Å². The number of aromatic hydroxyl groups is 1. The highest BCUT2D eigenvalue weighted by atomic mass is 16.5. The van der Waals surface area contributed by atoms with Crippen molar-refractivity contribution >= 4 is 17.5 Å². The summed E-state index contributed by atoms with van der Waals surface area (Å²) in [5.74, 6) is -0.789. The predicted molar refractivity (Wildman–Crippen MR) is 99.2 cm³/mol. The maximum absolute atomic E-state index is 12.6. The van der Waals surface area contributed by atoms with E-state index in [2.05, 4.69) is 4.74 Å². The lowest BCUT2D eigenvalue weighted by molar-refractivity contribution is 0.0600. The van der Waals surface area contributed by atoms with Crippen molar-refractivity contribution in [2.24, 2.45) is 0 Å². The molecule has 27 heavy (non-hydrogen) atoms. The van der Waals surface area contributed by atoms with Gasteiger partial charge < -0.3 is 9.84 Å². The van der Waals surface area contributed by atoms with Crippen molar-refractivity contribution in [3.63, 3.8) is 0 Å². The van der Waals surface area contributed by atoms with Crippen LogP contribution in [0, 0.1) is 0 Å². The second-order valence-electron chi connectivity index (χ2n) is 5.85. The summed E-state index contributed by atoms with van der Waals surface area (Å²) in [5.41, 5.74) is 2.12. The van der Waals surface area contributed by atoms with Crippen LogP contribution in [0.3, 0.4) is 0 Å². The van der Waals surface area contributed by atoms with Gasteiger partial charge in [0.1, 0.15) is 5.75 Å². The zero-order valence-electron chi connectivity index (χ0n) is 14.5. The molecule has 0 spiro atoms. The number of rotatable bonds is 5. The first-order chi connectivity index (χ1) is 13.0. The molecule has 134 valence electrons. The summed E-state index contributed by atoms with van der Waals surface area (Å²) in [5, 5.41) is 9.30. The maximum Gasteiger partial charge on any atom is 0.337 e. The van der Waals surface area contributed by atoms with Crippen molar-refractivity contribution < 1.29 is 24.2 Å². The molecule has 5 heteroatoms. The number of hydrogen-bond donors (Lipinski definition) is 1. The normalized spacial score (nSPS) is 10.3. The lowest BCUT2D eigenvalue weighted by Gasteiger charge is -2.05. The third-order valence-electron chi connectivity index (χ3n) is 4.11. The third-order valence-corrected chi connectivity index (χ3v) is 4.11. The van der Waals surface area contributed by atoms with Crippen molar-refractivity contribution in [3.05, 3.63) is 101 Å². The zero-order chi connectivity index (χ0) is 19.4. The Morgan fingerprint density at radius 2 is 0.889 bits per heavy atom. The van der Waals surface area contributed by atoms with Gasteiger partial charge in [-0.15, -0.1) is 0 Å². The largest absolute Gasteiger partial charge is 0.508 e. The summed E-state index contributed by atoms with van der Waals surface area (Å²) >= 11 is 0. The molecular formula is C22H16O5. The number of ether oxygens (including phenoxy) is 1. The fraction of sp³-hybridized carbons (Fsp3) is 0.0455. The van der Waals surface area contributed by atoms with Crippen LogP contribution < -0.4 is 0 Å². The summed E-state index contributed by atoms with van der Waals surface area (Å²) < 4.78 is 4.63. The summed E-state index contributed by atoms with van der Waals surface area (Å²) in [7, 11) is 1.29. The first-order valence-corrected chi connectivity index (χ1v) is 8.16. The number of esters is 1. The van der Waals surface area contributed by atoms with Gasteiger partial charge in [0, 0.05) is 22.3 Å². The highest BCUT2D eigenvalue weighted by Crippen LogP contribution is 2.17. The van der Waals surface area contributed by atoms with E-state index in [-0.39, 0.29) is 17.3 Å². The van der Waals surface area contributed by atoms with E-state index in [1.54, 1.807) is 48.5 Å². The summed E-state index contributed by atoms with van der Waals surface area (Å²) in [6.07, 6.45) is 0. The van der Waals surface area contributed by atoms with E-state index >= 15 is 0 Å². The maximum atomic E-state index is 12.6. The van der Waals surface area contributed by atoms with Gasteiger partial charge in [0.2, 0.25) is 0 Å². The molecule has 0 aliphatic rings. The molecule has 0 saturated carbocycles. The second-order valence-corrected chi connectivity index (χ2v) is 5.85. The van der Waals surface area contributed by atoms with E-state index in [4.69, 9.17) is 0 Å². The van der Waals surface area contributed by atoms with Gasteiger partial charge in [0.05, 0.1) is 12.7 Å². The molecule has 0 aliphatic carbocycles. The van der Waals surface area contributed by atoms with Crippen molar-refractivity contribution in [3.8, 4) is 5.75 Å². The standard InChI is InChI=1S/C22H16O5/c1-27-22(26)18-8-6-16(7-9-18)20(24)14-2-4-15(5-3-14)21(25)17-10-12-19(23)13-11-17/h2-13,23H,1H3. The highest BCUT2D eigenvalue weighted by Gasteiger charge is 2.13. The van der Waals surface area contributed by atoms with Crippen LogP contribution in [0.5, 0.6) is 5.75 Å². The van der Waals surface area contributed by atoms with Crippen LogP contribution in [-0.4, -0.2) is 29.8 Å². The number of ketones is 2. The van der Waals surface area contributed by atoms with Crippen LogP contribution in [0.25, 0.3) is 0 Å². The number of phenolic OH excluding ortho intramolecular Hbond substituents is 1. The number of phenols is 1. The molecule has 1 N–H and O–H groups in total. The molecule has 0 aliphatic heterocycles. The van der Waals surface area contributed by atoms with Crippen molar-refractivity contribution in [1.29, 1.82) is 0 Å². The lowest BCUT2D eigenvalue weighted by atomic mass is 9.98.